The van der Waals surface area contributed by atoms with Gasteiger partial charge in [-0.25, -0.2) is 4.98 Å². The van der Waals surface area contributed by atoms with E-state index in [0.29, 0.717) is 0 Å². The Hall–Kier alpha value is -1.74. The van der Waals surface area contributed by atoms with Gasteiger partial charge in [-0.1, -0.05) is 41.6 Å². The molecule has 0 atom stereocenters. The summed E-state index contributed by atoms with van der Waals surface area (Å²) in [6.07, 6.45) is 0. The maximum absolute atomic E-state index is 4.62. The first kappa shape index (κ1) is 13.3. The first-order valence-corrected chi connectivity index (χ1v) is 7.76. The lowest BCUT2D eigenvalue weighted by Crippen LogP contribution is -1.88. The second kappa shape index (κ2) is 5.33. The van der Waals surface area contributed by atoms with Gasteiger partial charge in [-0.3, -0.25) is 0 Å². The highest BCUT2D eigenvalue weighted by Gasteiger charge is 2.05. The maximum Gasteiger partial charge on any atom is 0.166 e. The molecule has 2 aromatic carbocycles. The molecule has 1 N–H and O–H groups in total. The van der Waals surface area contributed by atoms with Gasteiger partial charge in [-0.15, -0.1) is 0 Å². The molecule has 102 valence electrons. The fourth-order valence-corrected chi connectivity index (χ4v) is 3.28. The number of fused-ring (bicyclic) bond motifs is 1. The fourth-order valence-electron chi connectivity index (χ4n) is 2.32. The molecule has 0 aliphatic rings. The van der Waals surface area contributed by atoms with Crippen LogP contribution in [0.2, 0.25) is 0 Å². The van der Waals surface area contributed by atoms with E-state index >= 15 is 0 Å². The molecule has 0 amide bonds. The molecule has 0 saturated carbocycles. The van der Waals surface area contributed by atoms with Crippen LogP contribution < -0.4 is 0 Å². The number of imidazole rings is 1. The zero-order valence-electron chi connectivity index (χ0n) is 12.0. The van der Waals surface area contributed by atoms with E-state index in [4.69, 9.17) is 0 Å². The van der Waals surface area contributed by atoms with Gasteiger partial charge in [0.05, 0.1) is 11.0 Å². The Morgan fingerprint density at radius 1 is 1.00 bits per heavy atom. The van der Waals surface area contributed by atoms with Crippen LogP contribution in [0.25, 0.3) is 11.0 Å². The number of H-pyrrole nitrogens is 1. The Bertz CT molecular complexity index is 759. The number of hydrogen-bond donors (Lipinski definition) is 1. The average molecular weight is 282 g/mol. The van der Waals surface area contributed by atoms with Gasteiger partial charge >= 0.3 is 0 Å². The van der Waals surface area contributed by atoms with Gasteiger partial charge in [0.2, 0.25) is 0 Å². The van der Waals surface area contributed by atoms with E-state index in [1.54, 1.807) is 11.8 Å². The molecule has 20 heavy (non-hydrogen) atoms. The summed E-state index contributed by atoms with van der Waals surface area (Å²) >= 11 is 1.76. The second-order valence-electron chi connectivity index (χ2n) is 5.28. The molecule has 3 aromatic rings. The van der Waals surface area contributed by atoms with E-state index in [-0.39, 0.29) is 0 Å². The molecule has 3 heteroatoms. The van der Waals surface area contributed by atoms with Crippen molar-refractivity contribution in [2.24, 2.45) is 0 Å². The molecule has 0 unspecified atom stereocenters. The van der Waals surface area contributed by atoms with Crippen LogP contribution in [0.4, 0.5) is 0 Å². The van der Waals surface area contributed by atoms with E-state index < -0.39 is 0 Å². The first-order chi connectivity index (χ1) is 9.61. The lowest BCUT2D eigenvalue weighted by molar-refractivity contribution is 1.08. The van der Waals surface area contributed by atoms with Crippen LogP contribution in [0.5, 0.6) is 0 Å². The fraction of sp³-hybridized carbons (Fsp3) is 0.235. The topological polar surface area (TPSA) is 28.7 Å². The molecule has 0 aliphatic carbocycles. The zero-order valence-corrected chi connectivity index (χ0v) is 12.8. The van der Waals surface area contributed by atoms with Crippen molar-refractivity contribution in [2.45, 2.75) is 31.7 Å². The minimum Gasteiger partial charge on any atom is -0.333 e. The molecule has 0 fully saturated rings. The van der Waals surface area contributed by atoms with Gasteiger partial charge in [-0.2, -0.15) is 0 Å². The summed E-state index contributed by atoms with van der Waals surface area (Å²) in [6.45, 7) is 6.40. The third-order valence-electron chi connectivity index (χ3n) is 3.48. The van der Waals surface area contributed by atoms with Crippen LogP contribution in [-0.2, 0) is 5.75 Å². The van der Waals surface area contributed by atoms with Crippen molar-refractivity contribution in [1.82, 2.24) is 9.97 Å². The first-order valence-electron chi connectivity index (χ1n) is 6.77. The van der Waals surface area contributed by atoms with Crippen LogP contribution in [-0.4, -0.2) is 9.97 Å². The number of rotatable bonds is 3. The highest BCUT2D eigenvalue weighted by atomic mass is 32.2. The Balaban J connectivity index is 1.79. The van der Waals surface area contributed by atoms with Crippen LogP contribution in [0.15, 0.2) is 41.6 Å². The number of nitrogens with zero attached hydrogens (tertiary/aromatic N) is 1. The van der Waals surface area contributed by atoms with E-state index in [2.05, 4.69) is 67.1 Å². The van der Waals surface area contributed by atoms with Gasteiger partial charge in [0.15, 0.2) is 5.16 Å². The van der Waals surface area contributed by atoms with E-state index in [0.717, 1.165) is 21.9 Å². The van der Waals surface area contributed by atoms with Gasteiger partial charge < -0.3 is 4.98 Å². The SMILES string of the molecule is Cc1ccc(CSc2nc3ccc(C)cc3[nH]2)c(C)c1. The Kier molecular flexibility index (Phi) is 3.53. The molecule has 0 spiro atoms. The smallest absolute Gasteiger partial charge is 0.166 e. The summed E-state index contributed by atoms with van der Waals surface area (Å²) in [6, 6.07) is 12.9. The van der Waals surface area contributed by atoms with Gasteiger partial charge in [0.1, 0.15) is 0 Å². The van der Waals surface area contributed by atoms with Gasteiger partial charge in [0.25, 0.3) is 0 Å². The van der Waals surface area contributed by atoms with Crippen molar-refractivity contribution in [3.8, 4) is 0 Å². The summed E-state index contributed by atoms with van der Waals surface area (Å²) in [4.78, 5) is 8.01. The number of aryl methyl sites for hydroxylation is 3. The predicted octanol–water partition coefficient (Wildman–Crippen LogP) is 4.78. The number of nitrogens with one attached hydrogen (secondary N) is 1. The summed E-state index contributed by atoms with van der Waals surface area (Å²) in [7, 11) is 0. The monoisotopic (exact) mass is 282 g/mol. The number of aromatic amines is 1. The van der Waals surface area contributed by atoms with Gasteiger partial charge in [0, 0.05) is 5.75 Å². The number of aromatic nitrogens is 2. The second-order valence-corrected chi connectivity index (χ2v) is 6.25. The normalized spacial score (nSPS) is 11.2. The zero-order chi connectivity index (χ0) is 14.1. The quantitative estimate of drug-likeness (QED) is 0.700. The summed E-state index contributed by atoms with van der Waals surface area (Å²) in [5.74, 6) is 0.949. The Labute approximate surface area is 123 Å². The van der Waals surface area contributed by atoms with Crippen molar-refractivity contribution < 1.29 is 0 Å². The molecule has 1 aromatic heterocycles. The van der Waals surface area contributed by atoms with E-state index in [1.165, 1.54) is 22.3 Å². The standard InChI is InChI=1S/C17H18N2S/c1-11-4-6-14(13(3)8-11)10-20-17-18-15-7-5-12(2)9-16(15)19-17/h4-9H,10H2,1-3H3,(H,18,19). The Morgan fingerprint density at radius 3 is 2.55 bits per heavy atom. The molecule has 0 radical (unpaired) electrons. The lowest BCUT2D eigenvalue weighted by atomic mass is 10.1. The van der Waals surface area contributed by atoms with Crippen molar-refractivity contribution in [3.63, 3.8) is 0 Å². The molecule has 3 rings (SSSR count). The minimum absolute atomic E-state index is 0.949. The van der Waals surface area contributed by atoms with Crippen molar-refractivity contribution in [2.75, 3.05) is 0 Å². The van der Waals surface area contributed by atoms with Crippen LogP contribution >= 0.6 is 11.8 Å². The molecule has 0 aliphatic heterocycles. The molecule has 0 saturated heterocycles. The third kappa shape index (κ3) is 2.73. The van der Waals surface area contributed by atoms with Crippen LogP contribution in [0.1, 0.15) is 22.3 Å². The maximum atomic E-state index is 4.62. The highest BCUT2D eigenvalue weighted by molar-refractivity contribution is 7.98. The van der Waals surface area contributed by atoms with Crippen molar-refractivity contribution in [3.05, 3.63) is 58.7 Å². The highest BCUT2D eigenvalue weighted by Crippen LogP contribution is 2.25. The largest absolute Gasteiger partial charge is 0.333 e. The van der Waals surface area contributed by atoms with Crippen LogP contribution in [0, 0.1) is 20.8 Å². The van der Waals surface area contributed by atoms with Crippen molar-refractivity contribution >= 4 is 22.8 Å². The number of benzene rings is 2. The molecule has 2 nitrogen and oxygen atoms in total. The van der Waals surface area contributed by atoms with Crippen molar-refractivity contribution in [1.29, 1.82) is 0 Å². The summed E-state index contributed by atoms with van der Waals surface area (Å²) in [5, 5.41) is 0.991. The van der Waals surface area contributed by atoms with E-state index in [1.807, 2.05) is 0 Å². The average Bonchev–Trinajstić information content (AvgIpc) is 2.79. The predicted molar refractivity (Wildman–Crippen MR) is 86.3 cm³/mol. The minimum atomic E-state index is 0.949. The Morgan fingerprint density at radius 2 is 1.75 bits per heavy atom. The lowest BCUT2D eigenvalue weighted by Gasteiger charge is -2.05. The summed E-state index contributed by atoms with van der Waals surface area (Å²) in [5.41, 5.74) is 7.45. The number of hydrogen-bond acceptors (Lipinski definition) is 2. The van der Waals surface area contributed by atoms with E-state index in [9.17, 15) is 0 Å². The molecule has 0 bridgehead atoms. The van der Waals surface area contributed by atoms with Gasteiger partial charge in [-0.05, 0) is 49.6 Å². The molecular formula is C17H18N2S. The molecule has 1 heterocycles. The third-order valence-corrected chi connectivity index (χ3v) is 4.40. The van der Waals surface area contributed by atoms with Crippen LogP contribution in [0.3, 0.4) is 0 Å². The summed E-state index contributed by atoms with van der Waals surface area (Å²) < 4.78 is 0. The number of thioether (sulfide) groups is 1. The molecular weight excluding hydrogens is 264 g/mol.